The van der Waals surface area contributed by atoms with Crippen molar-refractivity contribution in [3.63, 3.8) is 0 Å². The van der Waals surface area contributed by atoms with Gasteiger partial charge in [-0.05, 0) is 68.0 Å². The smallest absolute Gasteiger partial charge is 0.261 e. The van der Waals surface area contributed by atoms with Gasteiger partial charge < -0.3 is 20.1 Å². The predicted octanol–water partition coefficient (Wildman–Crippen LogP) is 4.79. The third-order valence-electron chi connectivity index (χ3n) is 5.43. The second-order valence-electron chi connectivity index (χ2n) is 9.12. The highest BCUT2D eigenvalue weighted by Gasteiger charge is 2.19. The average Bonchev–Trinajstić information content (AvgIpc) is 2.78. The molecule has 2 rings (SSSR count). The van der Waals surface area contributed by atoms with Gasteiger partial charge in [0.1, 0.15) is 11.5 Å². The maximum absolute atomic E-state index is 12.5. The molecule has 0 unspecified atom stereocenters. The zero-order chi connectivity index (χ0) is 24.5. The van der Waals surface area contributed by atoms with Crippen LogP contribution in [0.2, 0.25) is 0 Å². The third kappa shape index (κ3) is 8.44. The lowest BCUT2D eigenvalue weighted by atomic mass is 10.0. The van der Waals surface area contributed by atoms with Gasteiger partial charge in [0.2, 0.25) is 0 Å². The fourth-order valence-corrected chi connectivity index (χ4v) is 3.19. The Hall–Kier alpha value is -3.02. The first-order valence-corrected chi connectivity index (χ1v) is 11.7. The molecular formula is C27H38N2O4. The Morgan fingerprint density at radius 1 is 0.667 bits per heavy atom. The van der Waals surface area contributed by atoms with Crippen molar-refractivity contribution in [2.24, 2.45) is 0 Å². The number of carbonyl (C=O) groups is 2. The first-order chi connectivity index (χ1) is 15.6. The molecule has 6 nitrogen and oxygen atoms in total. The standard InChI is InChI=1S/C27H38N2O4/c1-17(2)22-8-12-24(13-9-22)32-20(6)26(30)28-16-19(5)29-27(31)21(7)33-25-14-10-23(11-15-25)18(3)4/h8-15,17-21H,16H2,1-7H3,(H,28,30)(H,29,31)/t19-,20-,21+/m0/s1. The number of nitrogens with one attached hydrogen (secondary N) is 2. The van der Waals surface area contributed by atoms with Gasteiger partial charge in [-0.15, -0.1) is 0 Å². The van der Waals surface area contributed by atoms with Crippen molar-refractivity contribution in [1.82, 2.24) is 10.6 Å². The quantitative estimate of drug-likeness (QED) is 0.512. The van der Waals surface area contributed by atoms with Gasteiger partial charge in [0.15, 0.2) is 12.2 Å². The number of amides is 2. The molecule has 180 valence electrons. The maximum Gasteiger partial charge on any atom is 0.261 e. The van der Waals surface area contributed by atoms with E-state index in [4.69, 9.17) is 9.47 Å². The number of hydrogen-bond donors (Lipinski definition) is 2. The second-order valence-corrected chi connectivity index (χ2v) is 9.12. The molecule has 3 atom stereocenters. The van der Waals surface area contributed by atoms with Gasteiger partial charge in [-0.3, -0.25) is 9.59 Å². The number of rotatable bonds is 11. The Labute approximate surface area is 198 Å². The Morgan fingerprint density at radius 2 is 1.06 bits per heavy atom. The summed E-state index contributed by atoms with van der Waals surface area (Å²) in [7, 11) is 0. The third-order valence-corrected chi connectivity index (χ3v) is 5.43. The summed E-state index contributed by atoms with van der Waals surface area (Å²) in [6, 6.07) is 15.3. The molecular weight excluding hydrogens is 416 g/mol. The normalized spacial score (nSPS) is 13.8. The van der Waals surface area contributed by atoms with E-state index in [1.54, 1.807) is 13.8 Å². The number of carbonyl (C=O) groups excluding carboxylic acids is 2. The highest BCUT2D eigenvalue weighted by Crippen LogP contribution is 2.20. The summed E-state index contributed by atoms with van der Waals surface area (Å²) in [5.74, 6) is 1.70. The molecule has 0 aromatic heterocycles. The van der Waals surface area contributed by atoms with Gasteiger partial charge >= 0.3 is 0 Å². The monoisotopic (exact) mass is 454 g/mol. The van der Waals surface area contributed by atoms with Crippen LogP contribution in [0.15, 0.2) is 48.5 Å². The average molecular weight is 455 g/mol. The first-order valence-electron chi connectivity index (χ1n) is 11.7. The van der Waals surface area contributed by atoms with E-state index in [2.05, 4.69) is 38.3 Å². The van der Waals surface area contributed by atoms with Crippen LogP contribution < -0.4 is 20.1 Å². The van der Waals surface area contributed by atoms with Crippen molar-refractivity contribution >= 4 is 11.8 Å². The predicted molar refractivity (Wildman–Crippen MR) is 132 cm³/mol. The summed E-state index contributed by atoms with van der Waals surface area (Å²) in [6.45, 7) is 14.0. The molecule has 33 heavy (non-hydrogen) atoms. The summed E-state index contributed by atoms with van der Waals surface area (Å²) in [5.41, 5.74) is 2.43. The molecule has 0 spiro atoms. The minimum atomic E-state index is -0.649. The number of benzene rings is 2. The van der Waals surface area contributed by atoms with E-state index in [1.807, 2.05) is 55.5 Å². The summed E-state index contributed by atoms with van der Waals surface area (Å²) < 4.78 is 11.5. The summed E-state index contributed by atoms with van der Waals surface area (Å²) in [4.78, 5) is 24.8. The molecule has 0 heterocycles. The molecule has 6 heteroatoms. The van der Waals surface area contributed by atoms with Crippen molar-refractivity contribution in [2.45, 2.75) is 78.6 Å². The van der Waals surface area contributed by atoms with Crippen LogP contribution in [0.5, 0.6) is 11.5 Å². The highest BCUT2D eigenvalue weighted by molar-refractivity contribution is 5.82. The van der Waals surface area contributed by atoms with E-state index in [9.17, 15) is 9.59 Å². The fraction of sp³-hybridized carbons (Fsp3) is 0.481. The maximum atomic E-state index is 12.5. The van der Waals surface area contributed by atoms with Crippen molar-refractivity contribution in [3.05, 3.63) is 59.7 Å². The minimum absolute atomic E-state index is 0.237. The molecule has 0 radical (unpaired) electrons. The van der Waals surface area contributed by atoms with Gasteiger partial charge in [0, 0.05) is 12.6 Å². The zero-order valence-electron chi connectivity index (χ0n) is 20.8. The van der Waals surface area contributed by atoms with Crippen LogP contribution in [0.1, 0.15) is 71.4 Å². The Balaban J connectivity index is 1.75. The van der Waals surface area contributed by atoms with Crippen molar-refractivity contribution in [1.29, 1.82) is 0 Å². The lowest BCUT2D eigenvalue weighted by Crippen LogP contribution is -2.48. The van der Waals surface area contributed by atoms with Crippen LogP contribution in [0, 0.1) is 0 Å². The summed E-state index contributed by atoms with van der Waals surface area (Å²) in [5, 5.41) is 5.69. The molecule has 0 fully saturated rings. The molecule has 0 aliphatic carbocycles. The molecule has 0 aliphatic rings. The van der Waals surface area contributed by atoms with Gasteiger partial charge in [0.05, 0.1) is 0 Å². The molecule has 2 amide bonds. The minimum Gasteiger partial charge on any atom is -0.481 e. The van der Waals surface area contributed by atoms with E-state index in [0.717, 1.165) is 0 Å². The fourth-order valence-electron chi connectivity index (χ4n) is 3.19. The van der Waals surface area contributed by atoms with Crippen LogP contribution in [-0.4, -0.2) is 36.6 Å². The van der Waals surface area contributed by atoms with E-state index >= 15 is 0 Å². The molecule has 0 saturated heterocycles. The van der Waals surface area contributed by atoms with Gasteiger partial charge in [-0.25, -0.2) is 0 Å². The van der Waals surface area contributed by atoms with Crippen LogP contribution in [0.25, 0.3) is 0 Å². The van der Waals surface area contributed by atoms with Crippen molar-refractivity contribution < 1.29 is 19.1 Å². The Kier molecular flexibility index (Phi) is 9.76. The van der Waals surface area contributed by atoms with Gasteiger partial charge in [0.25, 0.3) is 11.8 Å². The summed E-state index contributed by atoms with van der Waals surface area (Å²) >= 11 is 0. The van der Waals surface area contributed by atoms with Gasteiger partial charge in [-0.2, -0.15) is 0 Å². The number of ether oxygens (including phenoxy) is 2. The van der Waals surface area contributed by atoms with E-state index in [1.165, 1.54) is 11.1 Å². The molecule has 0 saturated carbocycles. The van der Waals surface area contributed by atoms with Crippen LogP contribution in [0.3, 0.4) is 0 Å². The lowest BCUT2D eigenvalue weighted by Gasteiger charge is -2.20. The lowest BCUT2D eigenvalue weighted by molar-refractivity contribution is -0.129. The molecule has 2 aromatic rings. The second kappa shape index (κ2) is 12.3. The van der Waals surface area contributed by atoms with Gasteiger partial charge in [-0.1, -0.05) is 52.0 Å². The van der Waals surface area contributed by atoms with E-state index in [-0.39, 0.29) is 17.9 Å². The van der Waals surface area contributed by atoms with Crippen LogP contribution in [0.4, 0.5) is 0 Å². The van der Waals surface area contributed by atoms with Crippen LogP contribution >= 0.6 is 0 Å². The molecule has 0 aliphatic heterocycles. The zero-order valence-corrected chi connectivity index (χ0v) is 20.8. The molecule has 0 bridgehead atoms. The Morgan fingerprint density at radius 3 is 1.45 bits per heavy atom. The SMILES string of the molecule is CC(C)c1ccc(O[C@@H](C)C(=O)NC[C@H](C)NC(=O)[C@@H](C)Oc2ccc(C(C)C)cc2)cc1. The molecule has 2 aromatic carbocycles. The summed E-state index contributed by atoms with van der Waals surface area (Å²) in [6.07, 6.45) is -1.29. The topological polar surface area (TPSA) is 76.7 Å². The Bertz CT molecular complexity index is 891. The van der Waals surface area contributed by atoms with Crippen molar-refractivity contribution in [2.75, 3.05) is 6.54 Å². The first kappa shape index (κ1) is 26.2. The van der Waals surface area contributed by atoms with Crippen LogP contribution in [-0.2, 0) is 9.59 Å². The highest BCUT2D eigenvalue weighted by atomic mass is 16.5. The number of hydrogen-bond acceptors (Lipinski definition) is 4. The van der Waals surface area contributed by atoms with Crippen molar-refractivity contribution in [3.8, 4) is 11.5 Å². The van der Waals surface area contributed by atoms with E-state index in [0.29, 0.717) is 29.9 Å². The van der Waals surface area contributed by atoms with E-state index < -0.39 is 12.2 Å². The molecule has 2 N–H and O–H groups in total. The largest absolute Gasteiger partial charge is 0.481 e.